The number of benzene rings is 1. The molecule has 2 saturated heterocycles. The molecule has 2 aliphatic heterocycles. The molecule has 9 nitrogen and oxygen atoms in total. The van der Waals surface area contributed by atoms with Crippen molar-refractivity contribution < 1.29 is 19.0 Å². The number of ether oxygens (including phenoxy) is 1. The molecule has 1 atom stereocenters. The number of amides is 1. The number of aromatic nitrogens is 3. The first-order valence-corrected chi connectivity index (χ1v) is 12.4. The number of likely N-dealkylation sites (tertiary alicyclic amines) is 1. The first-order valence-electron chi connectivity index (χ1n) is 11.6. The molecule has 35 heavy (non-hydrogen) atoms. The van der Waals surface area contributed by atoms with Crippen molar-refractivity contribution in [3.05, 3.63) is 40.9 Å². The van der Waals surface area contributed by atoms with Gasteiger partial charge in [0.05, 0.1) is 4.47 Å². The molecular weight excluding hydrogens is 519 g/mol. The number of carboxylic acid groups (broad SMARTS) is 1. The third kappa shape index (κ3) is 4.74. The Morgan fingerprint density at radius 1 is 1.26 bits per heavy atom. The maximum absolute atomic E-state index is 15.7. The molecule has 2 aliphatic rings. The van der Waals surface area contributed by atoms with Gasteiger partial charge in [-0.3, -0.25) is 4.98 Å². The maximum atomic E-state index is 15.7. The Labute approximate surface area is 210 Å². The number of anilines is 1. The lowest BCUT2D eigenvalue weighted by atomic mass is 10.0. The standard InChI is InChI=1S/C24H26BrFN6O3/c1-30-7-3-5-16(30)14-35-23-28-21-18(22(29-23)31-8-10-32(11-9-31)24(33)34)12-17(19(25)20(21)26)15-4-2-6-27-13-15/h2,4,6,12-13,16H,3,5,7-11,14H2,1H3,(H,33,34)/t16-/m0/s1. The summed E-state index contributed by atoms with van der Waals surface area (Å²) in [5.41, 5.74) is 1.55. The molecule has 0 unspecified atom stereocenters. The summed E-state index contributed by atoms with van der Waals surface area (Å²) in [4.78, 5) is 30.3. The van der Waals surface area contributed by atoms with Crippen molar-refractivity contribution in [1.29, 1.82) is 0 Å². The lowest BCUT2D eigenvalue weighted by Gasteiger charge is -2.34. The number of likely N-dealkylation sites (N-methyl/N-ethyl adjacent to an activating group) is 1. The van der Waals surface area contributed by atoms with Crippen LogP contribution in [-0.2, 0) is 0 Å². The molecule has 2 aromatic heterocycles. The summed E-state index contributed by atoms with van der Waals surface area (Å²) >= 11 is 3.41. The number of hydrogen-bond acceptors (Lipinski definition) is 7. The Balaban J connectivity index is 1.57. The van der Waals surface area contributed by atoms with Crippen LogP contribution in [0.25, 0.3) is 22.0 Å². The van der Waals surface area contributed by atoms with Gasteiger partial charge in [0.1, 0.15) is 17.9 Å². The largest absolute Gasteiger partial charge is 0.465 e. The summed E-state index contributed by atoms with van der Waals surface area (Å²) in [6.07, 6.45) is 4.53. The average molecular weight is 545 g/mol. The fourth-order valence-corrected chi connectivity index (χ4v) is 5.21. The Hall–Kier alpha value is -3.05. The number of nitrogens with zero attached hydrogens (tertiary/aromatic N) is 6. The molecule has 4 heterocycles. The van der Waals surface area contributed by atoms with E-state index in [9.17, 15) is 9.90 Å². The summed E-state index contributed by atoms with van der Waals surface area (Å²) in [5.74, 6) is 0.0309. The summed E-state index contributed by atoms with van der Waals surface area (Å²) in [6.45, 7) is 2.97. The summed E-state index contributed by atoms with van der Waals surface area (Å²) in [7, 11) is 2.06. The number of fused-ring (bicyclic) bond motifs is 1. The van der Waals surface area contributed by atoms with Gasteiger partial charge in [0.2, 0.25) is 0 Å². The zero-order chi connectivity index (χ0) is 24.5. The molecule has 0 bridgehead atoms. The van der Waals surface area contributed by atoms with Gasteiger partial charge in [-0.05, 0) is 54.5 Å². The van der Waals surface area contributed by atoms with Gasteiger partial charge in [-0.1, -0.05) is 6.07 Å². The van der Waals surface area contributed by atoms with Crippen molar-refractivity contribution >= 4 is 38.7 Å². The highest BCUT2D eigenvalue weighted by atomic mass is 79.9. The van der Waals surface area contributed by atoms with E-state index in [0.717, 1.165) is 24.9 Å². The number of rotatable bonds is 5. The molecule has 0 saturated carbocycles. The maximum Gasteiger partial charge on any atom is 0.407 e. The van der Waals surface area contributed by atoms with Crippen LogP contribution < -0.4 is 9.64 Å². The van der Waals surface area contributed by atoms with Gasteiger partial charge in [-0.2, -0.15) is 9.97 Å². The smallest absolute Gasteiger partial charge is 0.407 e. The van der Waals surface area contributed by atoms with E-state index in [0.29, 0.717) is 54.0 Å². The van der Waals surface area contributed by atoms with Crippen LogP contribution in [0.15, 0.2) is 35.1 Å². The minimum atomic E-state index is -0.948. The molecule has 3 aromatic rings. The quantitative estimate of drug-likeness (QED) is 0.517. The molecule has 1 N–H and O–H groups in total. The van der Waals surface area contributed by atoms with Gasteiger partial charge < -0.3 is 24.5 Å². The lowest BCUT2D eigenvalue weighted by molar-refractivity contribution is 0.142. The average Bonchev–Trinajstić information content (AvgIpc) is 3.29. The fourth-order valence-electron chi connectivity index (χ4n) is 4.68. The van der Waals surface area contributed by atoms with E-state index in [4.69, 9.17) is 9.72 Å². The normalized spacial score (nSPS) is 18.9. The van der Waals surface area contributed by atoms with E-state index in [2.05, 4.69) is 37.8 Å². The highest BCUT2D eigenvalue weighted by Gasteiger charge is 2.27. The molecule has 1 amide bonds. The molecule has 1 aromatic carbocycles. The third-order valence-corrected chi connectivity index (χ3v) is 7.50. The number of piperazine rings is 1. The van der Waals surface area contributed by atoms with E-state index < -0.39 is 11.9 Å². The second-order valence-corrected chi connectivity index (χ2v) is 9.66. The van der Waals surface area contributed by atoms with Gasteiger partial charge >= 0.3 is 12.1 Å². The monoisotopic (exact) mass is 544 g/mol. The van der Waals surface area contributed by atoms with Gasteiger partial charge in [0, 0.05) is 61.1 Å². The summed E-state index contributed by atoms with van der Waals surface area (Å²) in [5, 5.41) is 9.87. The van der Waals surface area contributed by atoms with Crippen molar-refractivity contribution in [3.63, 3.8) is 0 Å². The predicted octanol–water partition coefficient (Wildman–Crippen LogP) is 3.87. The minimum absolute atomic E-state index is 0.119. The summed E-state index contributed by atoms with van der Waals surface area (Å²) < 4.78 is 22.0. The third-order valence-electron chi connectivity index (χ3n) is 6.73. The van der Waals surface area contributed by atoms with E-state index in [1.165, 1.54) is 4.90 Å². The zero-order valence-corrected chi connectivity index (χ0v) is 20.9. The SMILES string of the molecule is CN1CCC[C@H]1COc1nc(N2CCN(C(=O)O)CC2)c2cc(-c3cccnc3)c(Br)c(F)c2n1. The predicted molar refractivity (Wildman–Crippen MR) is 133 cm³/mol. The molecule has 0 spiro atoms. The zero-order valence-electron chi connectivity index (χ0n) is 19.3. The molecule has 5 rings (SSSR count). The molecule has 11 heteroatoms. The molecule has 0 radical (unpaired) electrons. The van der Waals surface area contributed by atoms with Crippen LogP contribution >= 0.6 is 15.9 Å². The van der Waals surface area contributed by atoms with Crippen molar-refractivity contribution in [2.75, 3.05) is 51.3 Å². The van der Waals surface area contributed by atoms with Crippen LogP contribution in [0.2, 0.25) is 0 Å². The van der Waals surface area contributed by atoms with Crippen LogP contribution in [-0.4, -0.2) is 88.4 Å². The van der Waals surface area contributed by atoms with Crippen LogP contribution in [0.4, 0.5) is 15.0 Å². The van der Waals surface area contributed by atoms with Crippen molar-refractivity contribution in [2.45, 2.75) is 18.9 Å². The van der Waals surface area contributed by atoms with Crippen LogP contribution in [0.5, 0.6) is 6.01 Å². The second-order valence-electron chi connectivity index (χ2n) is 8.86. The van der Waals surface area contributed by atoms with Crippen LogP contribution in [0.3, 0.4) is 0 Å². The van der Waals surface area contributed by atoms with Gasteiger partial charge in [-0.25, -0.2) is 9.18 Å². The van der Waals surface area contributed by atoms with Gasteiger partial charge in [0.25, 0.3) is 0 Å². The Kier molecular flexibility index (Phi) is 6.70. The number of pyridine rings is 1. The highest BCUT2D eigenvalue weighted by molar-refractivity contribution is 9.10. The minimum Gasteiger partial charge on any atom is -0.465 e. The molecular formula is C24H26BrFN6O3. The van der Waals surface area contributed by atoms with Gasteiger partial charge in [-0.15, -0.1) is 0 Å². The van der Waals surface area contributed by atoms with E-state index in [-0.39, 0.29) is 17.6 Å². The second kappa shape index (κ2) is 9.90. The van der Waals surface area contributed by atoms with Crippen molar-refractivity contribution in [2.24, 2.45) is 0 Å². The molecule has 184 valence electrons. The van der Waals surface area contributed by atoms with Crippen LogP contribution in [0, 0.1) is 5.82 Å². The number of halogens is 2. The Morgan fingerprint density at radius 3 is 2.71 bits per heavy atom. The topological polar surface area (TPSA) is 94.9 Å². The first kappa shape index (κ1) is 23.7. The Bertz CT molecular complexity index is 1240. The number of carbonyl (C=O) groups is 1. The molecule has 0 aliphatic carbocycles. The van der Waals surface area contributed by atoms with Crippen molar-refractivity contribution in [1.82, 2.24) is 24.8 Å². The highest BCUT2D eigenvalue weighted by Crippen LogP contribution is 2.38. The first-order chi connectivity index (χ1) is 16.9. The van der Waals surface area contributed by atoms with E-state index >= 15 is 4.39 Å². The van der Waals surface area contributed by atoms with E-state index in [1.807, 2.05) is 17.0 Å². The molecule has 2 fully saturated rings. The van der Waals surface area contributed by atoms with Crippen LogP contribution in [0.1, 0.15) is 12.8 Å². The lowest BCUT2D eigenvalue weighted by Crippen LogP contribution is -2.48. The Morgan fingerprint density at radius 2 is 2.06 bits per heavy atom. The fraction of sp³-hybridized carbons (Fsp3) is 0.417. The van der Waals surface area contributed by atoms with E-state index in [1.54, 1.807) is 18.5 Å². The number of hydrogen-bond donors (Lipinski definition) is 1. The summed E-state index contributed by atoms with van der Waals surface area (Å²) in [6, 6.07) is 5.89. The van der Waals surface area contributed by atoms with Gasteiger partial charge in [0.15, 0.2) is 5.82 Å². The van der Waals surface area contributed by atoms with Crippen molar-refractivity contribution in [3.8, 4) is 17.1 Å².